The van der Waals surface area contributed by atoms with Crippen LogP contribution in [0.4, 0.5) is 0 Å². The lowest BCUT2D eigenvalue weighted by Crippen LogP contribution is -2.12. The van der Waals surface area contributed by atoms with Crippen LogP contribution >= 0.6 is 11.6 Å². The lowest BCUT2D eigenvalue weighted by Gasteiger charge is -2.17. The minimum absolute atomic E-state index is 0.735. The molecule has 0 radical (unpaired) electrons. The topological polar surface area (TPSA) is 9.23 Å². The van der Waals surface area contributed by atoms with E-state index >= 15 is 0 Å². The maximum Gasteiger partial charge on any atom is 0.138 e. The monoisotopic (exact) mass is 264 g/mol. The van der Waals surface area contributed by atoms with Crippen LogP contribution in [0.15, 0.2) is 18.2 Å². The van der Waals surface area contributed by atoms with Crippen LogP contribution in [-0.4, -0.2) is 6.61 Å². The van der Waals surface area contributed by atoms with Crippen LogP contribution in [0.25, 0.3) is 0 Å². The molecule has 98 valence electrons. The average Bonchev–Trinajstić information content (AvgIpc) is 3.08. The fraction of sp³-hybridized carbons (Fsp3) is 0.625. The molecule has 2 saturated carbocycles. The molecule has 0 bridgehead atoms. The Morgan fingerprint density at radius 1 is 1.22 bits per heavy atom. The summed E-state index contributed by atoms with van der Waals surface area (Å²) in [5, 5.41) is 0.735. The van der Waals surface area contributed by atoms with Gasteiger partial charge in [0.25, 0.3) is 0 Å². The van der Waals surface area contributed by atoms with Gasteiger partial charge in [-0.05, 0) is 61.6 Å². The molecule has 3 atom stereocenters. The number of aryl methyl sites for hydroxylation is 1. The van der Waals surface area contributed by atoms with E-state index in [9.17, 15) is 0 Å². The summed E-state index contributed by atoms with van der Waals surface area (Å²) in [6.45, 7) is 2.91. The summed E-state index contributed by atoms with van der Waals surface area (Å²) in [6.07, 6.45) is 7.01. The van der Waals surface area contributed by atoms with E-state index in [1.54, 1.807) is 0 Å². The lowest BCUT2D eigenvalue weighted by molar-refractivity contribution is 0.228. The summed E-state index contributed by atoms with van der Waals surface area (Å²) >= 11 is 6.16. The average molecular weight is 265 g/mol. The van der Waals surface area contributed by atoms with E-state index in [1.165, 1.54) is 37.7 Å². The first kappa shape index (κ1) is 12.3. The first-order valence-electron chi connectivity index (χ1n) is 7.11. The smallest absolute Gasteiger partial charge is 0.138 e. The van der Waals surface area contributed by atoms with Gasteiger partial charge in [0.05, 0.1) is 11.6 Å². The highest BCUT2D eigenvalue weighted by molar-refractivity contribution is 6.32. The second-order valence-corrected chi connectivity index (χ2v) is 6.44. The van der Waals surface area contributed by atoms with Gasteiger partial charge in [-0.1, -0.05) is 30.5 Å². The van der Waals surface area contributed by atoms with E-state index in [1.807, 2.05) is 18.2 Å². The van der Waals surface area contributed by atoms with Crippen LogP contribution < -0.4 is 4.74 Å². The van der Waals surface area contributed by atoms with Crippen LogP contribution in [0.3, 0.4) is 0 Å². The van der Waals surface area contributed by atoms with E-state index in [-0.39, 0.29) is 0 Å². The lowest BCUT2D eigenvalue weighted by atomic mass is 9.99. The van der Waals surface area contributed by atoms with E-state index in [4.69, 9.17) is 16.3 Å². The van der Waals surface area contributed by atoms with Crippen molar-refractivity contribution in [2.45, 2.75) is 39.0 Å². The molecule has 0 aliphatic heterocycles. The molecule has 0 amide bonds. The molecule has 0 aromatic heterocycles. The Morgan fingerprint density at radius 2 is 2.11 bits per heavy atom. The normalized spacial score (nSPS) is 30.4. The molecular weight excluding hydrogens is 244 g/mol. The van der Waals surface area contributed by atoms with Gasteiger partial charge in [0.2, 0.25) is 0 Å². The molecule has 0 spiro atoms. The summed E-state index contributed by atoms with van der Waals surface area (Å²) in [6, 6.07) is 5.99. The van der Waals surface area contributed by atoms with Gasteiger partial charge in [-0.2, -0.15) is 0 Å². The number of benzene rings is 1. The van der Waals surface area contributed by atoms with Crippen molar-refractivity contribution in [1.29, 1.82) is 0 Å². The van der Waals surface area contributed by atoms with E-state index < -0.39 is 0 Å². The maximum atomic E-state index is 6.16. The van der Waals surface area contributed by atoms with Crippen LogP contribution in [0.1, 0.15) is 37.7 Å². The van der Waals surface area contributed by atoms with Crippen molar-refractivity contribution >= 4 is 11.6 Å². The van der Waals surface area contributed by atoms with Gasteiger partial charge < -0.3 is 4.74 Å². The molecule has 0 N–H and O–H groups in total. The van der Waals surface area contributed by atoms with Crippen LogP contribution in [-0.2, 0) is 0 Å². The fourth-order valence-electron chi connectivity index (χ4n) is 3.25. The fourth-order valence-corrected chi connectivity index (χ4v) is 3.42. The first-order chi connectivity index (χ1) is 8.72. The first-order valence-corrected chi connectivity index (χ1v) is 7.49. The second kappa shape index (κ2) is 5.13. The largest absolute Gasteiger partial charge is 0.492 e. The Bertz CT molecular complexity index is 429. The van der Waals surface area contributed by atoms with Crippen LogP contribution in [0.5, 0.6) is 5.75 Å². The Morgan fingerprint density at radius 3 is 3.00 bits per heavy atom. The van der Waals surface area contributed by atoms with Crippen molar-refractivity contribution in [3.05, 3.63) is 28.8 Å². The third-order valence-corrected chi connectivity index (χ3v) is 4.77. The van der Waals surface area contributed by atoms with Crippen LogP contribution in [0, 0.1) is 24.7 Å². The third-order valence-electron chi connectivity index (χ3n) is 4.45. The van der Waals surface area contributed by atoms with Crippen molar-refractivity contribution in [1.82, 2.24) is 0 Å². The van der Waals surface area contributed by atoms with Crippen LogP contribution in [0.2, 0.25) is 5.02 Å². The summed E-state index contributed by atoms with van der Waals surface area (Å²) in [4.78, 5) is 0. The number of ether oxygens (including phenoxy) is 1. The van der Waals surface area contributed by atoms with Gasteiger partial charge in [0.1, 0.15) is 5.75 Å². The number of fused-ring (bicyclic) bond motifs is 1. The second-order valence-electron chi connectivity index (χ2n) is 6.03. The molecule has 0 heterocycles. The molecule has 2 heteroatoms. The summed E-state index contributed by atoms with van der Waals surface area (Å²) in [5.41, 5.74) is 1.21. The molecule has 2 aliphatic rings. The Kier molecular flexibility index (Phi) is 3.52. The van der Waals surface area contributed by atoms with Gasteiger partial charge >= 0.3 is 0 Å². The zero-order valence-electron chi connectivity index (χ0n) is 11.0. The number of hydrogen-bond donors (Lipinski definition) is 0. The maximum absolute atomic E-state index is 6.16. The van der Waals surface area contributed by atoms with Crippen molar-refractivity contribution < 1.29 is 4.74 Å². The molecule has 2 aliphatic carbocycles. The van der Waals surface area contributed by atoms with E-state index in [2.05, 4.69) is 6.92 Å². The molecule has 3 rings (SSSR count). The van der Waals surface area contributed by atoms with Gasteiger partial charge in [-0.25, -0.2) is 0 Å². The zero-order valence-corrected chi connectivity index (χ0v) is 11.7. The Labute approximate surface area is 114 Å². The predicted octanol–water partition coefficient (Wildman–Crippen LogP) is 4.85. The van der Waals surface area contributed by atoms with Crippen molar-refractivity contribution in [3.8, 4) is 5.75 Å². The third kappa shape index (κ3) is 2.83. The summed E-state index contributed by atoms with van der Waals surface area (Å²) in [7, 11) is 0. The van der Waals surface area contributed by atoms with Gasteiger partial charge in [0.15, 0.2) is 0 Å². The Balaban J connectivity index is 1.58. The highest BCUT2D eigenvalue weighted by Gasteiger charge is 2.39. The highest BCUT2D eigenvalue weighted by Crippen LogP contribution is 2.49. The van der Waals surface area contributed by atoms with Crippen molar-refractivity contribution in [3.63, 3.8) is 0 Å². The molecule has 18 heavy (non-hydrogen) atoms. The van der Waals surface area contributed by atoms with E-state index in [0.29, 0.717) is 0 Å². The number of hydrogen-bond acceptors (Lipinski definition) is 1. The molecule has 2 fully saturated rings. The quantitative estimate of drug-likeness (QED) is 0.758. The number of rotatable bonds is 3. The molecular formula is C16H21ClO. The van der Waals surface area contributed by atoms with Gasteiger partial charge in [0, 0.05) is 0 Å². The van der Waals surface area contributed by atoms with Gasteiger partial charge in [-0.15, -0.1) is 0 Å². The van der Waals surface area contributed by atoms with Gasteiger partial charge in [-0.3, -0.25) is 0 Å². The molecule has 1 aromatic carbocycles. The number of halogens is 1. The molecule has 1 nitrogen and oxygen atoms in total. The van der Waals surface area contributed by atoms with Crippen molar-refractivity contribution in [2.75, 3.05) is 6.61 Å². The molecule has 0 saturated heterocycles. The summed E-state index contributed by atoms with van der Waals surface area (Å²) in [5.74, 6) is 3.65. The molecule has 1 aromatic rings. The molecule has 3 unspecified atom stereocenters. The Hall–Kier alpha value is -0.690. The SMILES string of the molecule is Cc1ccc(Cl)c(OCC2CCCC3CC3C2)c1. The predicted molar refractivity (Wildman–Crippen MR) is 75.2 cm³/mol. The standard InChI is InChI=1S/C16H21ClO/c1-11-5-6-15(17)16(7-11)18-10-12-3-2-4-13-9-14(13)8-12/h5-7,12-14H,2-4,8-10H2,1H3. The zero-order chi connectivity index (χ0) is 12.5. The highest BCUT2D eigenvalue weighted by atomic mass is 35.5. The van der Waals surface area contributed by atoms with Crippen molar-refractivity contribution in [2.24, 2.45) is 17.8 Å². The minimum Gasteiger partial charge on any atom is -0.492 e. The van der Waals surface area contributed by atoms with E-state index in [0.717, 1.165) is 35.1 Å². The summed E-state index contributed by atoms with van der Waals surface area (Å²) < 4.78 is 5.95. The minimum atomic E-state index is 0.735.